The molecule has 3 rings (SSSR count). The molecule has 1 aliphatic carbocycles. The molecule has 0 saturated carbocycles. The molecule has 0 radical (unpaired) electrons. The molecular formula is C19H22N2O3S. The van der Waals surface area contributed by atoms with Crippen molar-refractivity contribution in [2.75, 3.05) is 23.4 Å². The molecule has 0 saturated heterocycles. The zero-order chi connectivity index (χ0) is 18.0. The Morgan fingerprint density at radius 2 is 1.84 bits per heavy atom. The van der Waals surface area contributed by atoms with Crippen molar-refractivity contribution in [1.29, 1.82) is 0 Å². The predicted molar refractivity (Wildman–Crippen MR) is 99.9 cm³/mol. The number of fused-ring (bicyclic) bond motifs is 1. The van der Waals surface area contributed by atoms with E-state index in [0.29, 0.717) is 5.69 Å². The lowest BCUT2D eigenvalue weighted by Gasteiger charge is -2.12. The number of amides is 1. The minimum absolute atomic E-state index is 0.0745. The molecule has 132 valence electrons. The van der Waals surface area contributed by atoms with E-state index in [1.54, 1.807) is 18.2 Å². The largest absolute Gasteiger partial charge is 0.376 e. The summed E-state index contributed by atoms with van der Waals surface area (Å²) in [5.74, 6) is -0.165. The van der Waals surface area contributed by atoms with Crippen LogP contribution in [0.15, 0.2) is 41.3 Å². The van der Waals surface area contributed by atoms with Crippen LogP contribution in [0.4, 0.5) is 11.4 Å². The van der Waals surface area contributed by atoms with Crippen LogP contribution in [0.25, 0.3) is 0 Å². The van der Waals surface area contributed by atoms with Gasteiger partial charge in [0.05, 0.1) is 11.4 Å². The summed E-state index contributed by atoms with van der Waals surface area (Å²) in [6.07, 6.45) is 4.52. The van der Waals surface area contributed by atoms with Gasteiger partial charge in [-0.15, -0.1) is 0 Å². The van der Waals surface area contributed by atoms with Gasteiger partial charge in [0.1, 0.15) is 0 Å². The quantitative estimate of drug-likeness (QED) is 0.862. The smallest absolute Gasteiger partial charge is 0.243 e. The first-order chi connectivity index (χ1) is 11.8. The number of carbonyl (C=O) groups excluding carboxylic acids is 1. The minimum Gasteiger partial charge on any atom is -0.376 e. The number of hydrogen-bond acceptors (Lipinski definition) is 4. The zero-order valence-corrected chi connectivity index (χ0v) is 15.2. The number of carbonyl (C=O) groups is 1. The van der Waals surface area contributed by atoms with E-state index >= 15 is 0 Å². The topological polar surface area (TPSA) is 75.3 Å². The lowest BCUT2D eigenvalue weighted by molar-refractivity contribution is -0.114. The molecule has 2 aromatic rings. The van der Waals surface area contributed by atoms with Crippen LogP contribution in [-0.2, 0) is 27.5 Å². The molecule has 0 bridgehead atoms. The van der Waals surface area contributed by atoms with Crippen molar-refractivity contribution in [3.05, 3.63) is 53.1 Å². The average molecular weight is 358 g/mol. The third-order valence-corrected chi connectivity index (χ3v) is 5.57. The van der Waals surface area contributed by atoms with E-state index in [1.807, 2.05) is 19.1 Å². The Hall–Kier alpha value is -2.34. The van der Waals surface area contributed by atoms with Gasteiger partial charge in [-0.2, -0.15) is 0 Å². The lowest BCUT2D eigenvalue weighted by atomic mass is 10.1. The van der Waals surface area contributed by atoms with Crippen molar-refractivity contribution >= 4 is 27.1 Å². The normalized spacial score (nSPS) is 13.4. The van der Waals surface area contributed by atoms with E-state index in [9.17, 15) is 13.2 Å². The van der Waals surface area contributed by atoms with Crippen LogP contribution in [0.3, 0.4) is 0 Å². The van der Waals surface area contributed by atoms with Gasteiger partial charge in [0.15, 0.2) is 9.84 Å². The second-order valence-electron chi connectivity index (χ2n) is 6.49. The van der Waals surface area contributed by atoms with Crippen molar-refractivity contribution in [1.82, 2.24) is 0 Å². The Morgan fingerprint density at radius 3 is 2.60 bits per heavy atom. The minimum atomic E-state index is -3.28. The molecule has 0 aliphatic heterocycles. The first kappa shape index (κ1) is 17.5. The Bertz CT molecular complexity index is 920. The van der Waals surface area contributed by atoms with Crippen molar-refractivity contribution in [3.8, 4) is 0 Å². The Morgan fingerprint density at radius 1 is 1.08 bits per heavy atom. The molecule has 6 heteroatoms. The van der Waals surface area contributed by atoms with Gasteiger partial charge in [-0.05, 0) is 67.1 Å². The second-order valence-corrected chi connectivity index (χ2v) is 8.50. The van der Waals surface area contributed by atoms with Crippen LogP contribution >= 0.6 is 0 Å². The fraction of sp³-hybridized carbons (Fsp3) is 0.316. The zero-order valence-electron chi connectivity index (χ0n) is 14.4. The first-order valence-corrected chi connectivity index (χ1v) is 10.2. The van der Waals surface area contributed by atoms with Crippen LogP contribution in [-0.4, -0.2) is 27.1 Å². The number of anilines is 2. The first-order valence-electron chi connectivity index (χ1n) is 8.29. The standard InChI is InChI=1S/C19H22N2O3S/c1-13-6-9-17(25(2,23)24)11-18(13)20-12-19(22)21-16-8-7-14-4-3-5-15(14)10-16/h6-11,20H,3-5,12H2,1-2H3,(H,21,22). The molecule has 0 unspecified atom stereocenters. The van der Waals surface area contributed by atoms with E-state index in [2.05, 4.69) is 16.7 Å². The van der Waals surface area contributed by atoms with Gasteiger partial charge in [-0.25, -0.2) is 8.42 Å². The van der Waals surface area contributed by atoms with Crippen LogP contribution < -0.4 is 10.6 Å². The van der Waals surface area contributed by atoms with E-state index in [4.69, 9.17) is 0 Å². The van der Waals surface area contributed by atoms with Crippen molar-refractivity contribution in [2.24, 2.45) is 0 Å². The Labute approximate surface area is 148 Å². The predicted octanol–water partition coefficient (Wildman–Crippen LogP) is 2.94. The monoisotopic (exact) mass is 358 g/mol. The number of hydrogen-bond donors (Lipinski definition) is 2. The van der Waals surface area contributed by atoms with Crippen molar-refractivity contribution in [2.45, 2.75) is 31.1 Å². The number of rotatable bonds is 5. The van der Waals surface area contributed by atoms with Gasteiger partial charge in [-0.1, -0.05) is 12.1 Å². The fourth-order valence-electron chi connectivity index (χ4n) is 3.05. The molecule has 0 spiro atoms. The molecule has 0 heterocycles. The fourth-order valence-corrected chi connectivity index (χ4v) is 3.70. The van der Waals surface area contributed by atoms with Crippen LogP contribution in [0.5, 0.6) is 0 Å². The molecule has 1 aliphatic rings. The molecule has 5 nitrogen and oxygen atoms in total. The maximum Gasteiger partial charge on any atom is 0.243 e. The Balaban J connectivity index is 1.64. The molecule has 25 heavy (non-hydrogen) atoms. The molecular weight excluding hydrogens is 336 g/mol. The van der Waals surface area contributed by atoms with Gasteiger partial charge in [0.2, 0.25) is 5.91 Å². The molecule has 2 aromatic carbocycles. The highest BCUT2D eigenvalue weighted by Crippen LogP contribution is 2.25. The lowest BCUT2D eigenvalue weighted by Crippen LogP contribution is -2.22. The molecule has 0 atom stereocenters. The van der Waals surface area contributed by atoms with Gasteiger partial charge < -0.3 is 10.6 Å². The highest BCUT2D eigenvalue weighted by Gasteiger charge is 2.13. The third-order valence-electron chi connectivity index (χ3n) is 4.46. The summed E-state index contributed by atoms with van der Waals surface area (Å²) in [6.45, 7) is 1.94. The number of benzene rings is 2. The van der Waals surface area contributed by atoms with Crippen LogP contribution in [0.1, 0.15) is 23.1 Å². The van der Waals surface area contributed by atoms with Crippen molar-refractivity contribution in [3.63, 3.8) is 0 Å². The van der Waals surface area contributed by atoms with Gasteiger partial charge in [0, 0.05) is 17.6 Å². The molecule has 0 fully saturated rings. The van der Waals surface area contributed by atoms with Crippen LogP contribution in [0, 0.1) is 6.92 Å². The summed E-state index contributed by atoms with van der Waals surface area (Å²) < 4.78 is 23.3. The molecule has 1 amide bonds. The van der Waals surface area contributed by atoms with Gasteiger partial charge >= 0.3 is 0 Å². The van der Waals surface area contributed by atoms with E-state index in [0.717, 1.165) is 24.1 Å². The summed E-state index contributed by atoms with van der Waals surface area (Å²) in [6, 6.07) is 10.9. The summed E-state index contributed by atoms with van der Waals surface area (Å²) >= 11 is 0. The highest BCUT2D eigenvalue weighted by atomic mass is 32.2. The van der Waals surface area contributed by atoms with Crippen LogP contribution in [0.2, 0.25) is 0 Å². The van der Waals surface area contributed by atoms with Gasteiger partial charge in [0.25, 0.3) is 0 Å². The number of aryl methyl sites for hydroxylation is 3. The summed E-state index contributed by atoms with van der Waals surface area (Å²) in [4.78, 5) is 12.4. The van der Waals surface area contributed by atoms with E-state index in [-0.39, 0.29) is 17.3 Å². The number of nitrogens with one attached hydrogen (secondary N) is 2. The van der Waals surface area contributed by atoms with Gasteiger partial charge in [-0.3, -0.25) is 4.79 Å². The SMILES string of the molecule is Cc1ccc(S(C)(=O)=O)cc1NCC(=O)Nc1ccc2c(c1)CCC2. The molecule has 2 N–H and O–H groups in total. The van der Waals surface area contributed by atoms with E-state index in [1.165, 1.54) is 23.8 Å². The average Bonchev–Trinajstić information content (AvgIpc) is 3.00. The maximum atomic E-state index is 12.2. The van der Waals surface area contributed by atoms with Crippen molar-refractivity contribution < 1.29 is 13.2 Å². The maximum absolute atomic E-state index is 12.2. The third kappa shape index (κ3) is 4.20. The highest BCUT2D eigenvalue weighted by molar-refractivity contribution is 7.90. The Kier molecular flexibility index (Phi) is 4.81. The second kappa shape index (κ2) is 6.88. The summed E-state index contributed by atoms with van der Waals surface area (Å²) in [7, 11) is -3.28. The van der Waals surface area contributed by atoms with E-state index < -0.39 is 9.84 Å². The summed E-state index contributed by atoms with van der Waals surface area (Å²) in [5, 5.41) is 5.91. The molecule has 0 aromatic heterocycles. The number of sulfone groups is 1. The summed E-state index contributed by atoms with van der Waals surface area (Å²) in [5.41, 5.74) is 5.01.